The van der Waals surface area contributed by atoms with E-state index in [1.165, 1.54) is 16.4 Å². The van der Waals surface area contributed by atoms with Crippen molar-refractivity contribution in [3.63, 3.8) is 0 Å². The molecule has 0 aliphatic carbocycles. The Labute approximate surface area is 190 Å². The van der Waals surface area contributed by atoms with E-state index in [1.54, 1.807) is 9.80 Å². The van der Waals surface area contributed by atoms with Gasteiger partial charge in [0.25, 0.3) is 0 Å². The summed E-state index contributed by atoms with van der Waals surface area (Å²) >= 11 is 1.26. The number of piperazine rings is 1. The topological polar surface area (TPSA) is 109 Å². The second-order valence-electron chi connectivity index (χ2n) is 7.49. The Balaban J connectivity index is 1.27. The van der Waals surface area contributed by atoms with Gasteiger partial charge in [-0.05, 0) is 19.1 Å². The van der Waals surface area contributed by atoms with Crippen molar-refractivity contribution in [2.75, 3.05) is 43.1 Å². The molecule has 1 aliphatic heterocycles. The number of hydrogen-bond donors (Lipinski definition) is 2. The highest BCUT2D eigenvalue weighted by molar-refractivity contribution is 7.99. The van der Waals surface area contributed by atoms with Gasteiger partial charge >= 0.3 is 6.03 Å². The van der Waals surface area contributed by atoms with Crippen molar-refractivity contribution in [1.29, 1.82) is 0 Å². The van der Waals surface area contributed by atoms with Crippen LogP contribution in [0, 0.1) is 6.92 Å². The summed E-state index contributed by atoms with van der Waals surface area (Å²) in [5.41, 5.74) is 2.77. The Bertz CT molecular complexity index is 1080. The molecule has 3 N–H and O–H groups in total. The molecule has 1 aromatic heterocycles. The predicted octanol–water partition coefficient (Wildman–Crippen LogP) is 2.44. The molecule has 0 atom stereocenters. The highest BCUT2D eigenvalue weighted by Crippen LogP contribution is 2.22. The molecule has 2 heterocycles. The number of para-hydroxylation sites is 1. The van der Waals surface area contributed by atoms with E-state index >= 15 is 0 Å². The molecule has 3 aromatic rings. The first-order valence-corrected chi connectivity index (χ1v) is 11.3. The number of aromatic nitrogens is 3. The molecule has 0 spiro atoms. The van der Waals surface area contributed by atoms with Crippen molar-refractivity contribution in [1.82, 2.24) is 24.7 Å². The molecule has 0 saturated carbocycles. The number of anilines is 1. The van der Waals surface area contributed by atoms with E-state index in [9.17, 15) is 9.59 Å². The first-order chi connectivity index (χ1) is 15.5. The average molecular weight is 452 g/mol. The molecular weight excluding hydrogens is 426 g/mol. The van der Waals surface area contributed by atoms with Gasteiger partial charge in [0, 0.05) is 37.4 Å². The monoisotopic (exact) mass is 451 g/mol. The second kappa shape index (κ2) is 9.73. The van der Waals surface area contributed by atoms with Crippen LogP contribution in [0.2, 0.25) is 0 Å². The Hall–Kier alpha value is -3.53. The standard InChI is InChI=1S/C22H25N7O2S/c1-16-7-9-17(10-8-16)20-25-26-22(29(20)23)32-15-19(30)27-11-13-28(14-12-27)21(31)24-18-5-3-2-4-6-18/h2-10H,11-15,23H2,1H3,(H,24,31). The summed E-state index contributed by atoms with van der Waals surface area (Å²) in [4.78, 5) is 28.5. The third kappa shape index (κ3) is 5.02. The summed E-state index contributed by atoms with van der Waals surface area (Å²) in [5.74, 6) is 6.89. The summed E-state index contributed by atoms with van der Waals surface area (Å²) in [6.45, 7) is 3.97. The van der Waals surface area contributed by atoms with Crippen molar-refractivity contribution < 1.29 is 9.59 Å². The molecular formula is C22H25N7O2S. The lowest BCUT2D eigenvalue weighted by molar-refractivity contribution is -0.129. The van der Waals surface area contributed by atoms with Crippen molar-refractivity contribution in [2.45, 2.75) is 12.1 Å². The van der Waals surface area contributed by atoms with E-state index in [1.807, 2.05) is 61.5 Å². The summed E-state index contributed by atoms with van der Waals surface area (Å²) < 4.78 is 1.41. The number of amides is 3. The molecule has 1 saturated heterocycles. The molecule has 32 heavy (non-hydrogen) atoms. The van der Waals surface area contributed by atoms with Gasteiger partial charge in [0.1, 0.15) is 0 Å². The van der Waals surface area contributed by atoms with E-state index in [0.29, 0.717) is 37.2 Å². The van der Waals surface area contributed by atoms with Crippen molar-refractivity contribution in [3.05, 3.63) is 60.2 Å². The van der Waals surface area contributed by atoms with Crippen LogP contribution in [-0.2, 0) is 4.79 Å². The van der Waals surface area contributed by atoms with Crippen LogP contribution in [0.15, 0.2) is 59.8 Å². The fraction of sp³-hybridized carbons (Fsp3) is 0.273. The summed E-state index contributed by atoms with van der Waals surface area (Å²) in [7, 11) is 0. The van der Waals surface area contributed by atoms with Crippen LogP contribution >= 0.6 is 11.8 Å². The summed E-state index contributed by atoms with van der Waals surface area (Å²) in [5, 5.41) is 11.6. The maximum atomic E-state index is 12.7. The van der Waals surface area contributed by atoms with Gasteiger partial charge in [0.2, 0.25) is 11.1 Å². The van der Waals surface area contributed by atoms with Crippen molar-refractivity contribution in [3.8, 4) is 11.4 Å². The van der Waals surface area contributed by atoms with Crippen LogP contribution in [0.25, 0.3) is 11.4 Å². The van der Waals surface area contributed by atoms with Crippen LogP contribution < -0.4 is 11.2 Å². The van der Waals surface area contributed by atoms with Gasteiger partial charge in [-0.3, -0.25) is 4.79 Å². The minimum atomic E-state index is -0.155. The molecule has 0 radical (unpaired) electrons. The highest BCUT2D eigenvalue weighted by Gasteiger charge is 2.25. The third-order valence-electron chi connectivity index (χ3n) is 5.24. The highest BCUT2D eigenvalue weighted by atomic mass is 32.2. The molecule has 1 aliphatic rings. The summed E-state index contributed by atoms with van der Waals surface area (Å²) in [6, 6.07) is 17.0. The lowest BCUT2D eigenvalue weighted by Gasteiger charge is -2.34. The second-order valence-corrected chi connectivity index (χ2v) is 8.44. The number of urea groups is 1. The van der Waals surface area contributed by atoms with E-state index in [2.05, 4.69) is 15.5 Å². The zero-order valence-corrected chi connectivity index (χ0v) is 18.6. The minimum absolute atomic E-state index is 0.0157. The number of rotatable bonds is 5. The smallest absolute Gasteiger partial charge is 0.321 e. The molecule has 1 fully saturated rings. The number of hydrogen-bond acceptors (Lipinski definition) is 6. The normalized spacial score (nSPS) is 13.8. The van der Waals surface area contributed by atoms with Crippen LogP contribution in [0.4, 0.5) is 10.5 Å². The van der Waals surface area contributed by atoms with Gasteiger partial charge in [-0.25, -0.2) is 9.47 Å². The number of nitrogens with zero attached hydrogens (tertiary/aromatic N) is 5. The van der Waals surface area contributed by atoms with E-state index in [4.69, 9.17) is 5.84 Å². The lowest BCUT2D eigenvalue weighted by Crippen LogP contribution is -2.52. The molecule has 3 amide bonds. The zero-order chi connectivity index (χ0) is 22.5. The number of thioether (sulfide) groups is 1. The zero-order valence-electron chi connectivity index (χ0n) is 17.8. The van der Waals surface area contributed by atoms with Crippen LogP contribution in [-0.4, -0.2) is 68.5 Å². The number of aryl methyl sites for hydroxylation is 1. The van der Waals surface area contributed by atoms with E-state index < -0.39 is 0 Å². The molecule has 0 bridgehead atoms. The molecule has 4 rings (SSSR count). The lowest BCUT2D eigenvalue weighted by atomic mass is 10.1. The third-order valence-corrected chi connectivity index (χ3v) is 6.17. The molecule has 166 valence electrons. The van der Waals surface area contributed by atoms with Gasteiger partial charge in [-0.2, -0.15) is 0 Å². The predicted molar refractivity (Wildman–Crippen MR) is 125 cm³/mol. The fourth-order valence-electron chi connectivity index (χ4n) is 3.38. The van der Waals surface area contributed by atoms with Crippen molar-refractivity contribution >= 4 is 29.4 Å². The number of carbonyl (C=O) groups excluding carboxylic acids is 2. The number of nitrogens with two attached hydrogens (primary N) is 1. The van der Waals surface area contributed by atoms with E-state index in [0.717, 1.165) is 16.8 Å². The Morgan fingerprint density at radius 2 is 1.62 bits per heavy atom. The summed E-state index contributed by atoms with van der Waals surface area (Å²) in [6.07, 6.45) is 0. The molecule has 9 nitrogen and oxygen atoms in total. The Kier molecular flexibility index (Phi) is 6.60. The number of benzene rings is 2. The van der Waals surface area contributed by atoms with E-state index in [-0.39, 0.29) is 17.7 Å². The average Bonchev–Trinajstić information content (AvgIpc) is 3.19. The Morgan fingerprint density at radius 3 is 2.31 bits per heavy atom. The first kappa shape index (κ1) is 21.7. The van der Waals surface area contributed by atoms with Gasteiger partial charge in [0.15, 0.2) is 5.82 Å². The fourth-order valence-corrected chi connectivity index (χ4v) is 4.13. The van der Waals surface area contributed by atoms with Gasteiger partial charge in [-0.15, -0.1) is 10.2 Å². The largest absolute Gasteiger partial charge is 0.338 e. The quantitative estimate of drug-likeness (QED) is 0.456. The van der Waals surface area contributed by atoms with Gasteiger partial charge in [-0.1, -0.05) is 59.8 Å². The molecule has 0 unspecified atom stereocenters. The number of nitrogens with one attached hydrogen (secondary N) is 1. The minimum Gasteiger partial charge on any atom is -0.338 e. The molecule has 10 heteroatoms. The maximum Gasteiger partial charge on any atom is 0.321 e. The van der Waals surface area contributed by atoms with Crippen LogP contribution in [0.3, 0.4) is 0 Å². The SMILES string of the molecule is Cc1ccc(-c2nnc(SCC(=O)N3CCN(C(=O)Nc4ccccc4)CC3)n2N)cc1. The van der Waals surface area contributed by atoms with Gasteiger partial charge in [0.05, 0.1) is 5.75 Å². The first-order valence-electron chi connectivity index (χ1n) is 10.3. The number of carbonyl (C=O) groups is 2. The van der Waals surface area contributed by atoms with Crippen LogP contribution in [0.5, 0.6) is 0 Å². The van der Waals surface area contributed by atoms with Crippen LogP contribution in [0.1, 0.15) is 5.56 Å². The molecule has 2 aromatic carbocycles. The van der Waals surface area contributed by atoms with Gasteiger partial charge < -0.3 is 21.0 Å². The Morgan fingerprint density at radius 1 is 0.969 bits per heavy atom. The maximum absolute atomic E-state index is 12.7. The number of nitrogen functional groups attached to an aromatic ring is 1. The van der Waals surface area contributed by atoms with Crippen molar-refractivity contribution in [2.24, 2.45) is 0 Å².